The lowest BCUT2D eigenvalue weighted by Crippen LogP contribution is -2.33. The van der Waals surface area contributed by atoms with E-state index in [4.69, 9.17) is 9.84 Å². The molecule has 27 heavy (non-hydrogen) atoms. The summed E-state index contributed by atoms with van der Waals surface area (Å²) in [6, 6.07) is 12.0. The molecule has 0 aliphatic carbocycles. The van der Waals surface area contributed by atoms with Gasteiger partial charge in [-0.05, 0) is 35.4 Å². The average Bonchev–Trinajstić information content (AvgIpc) is 3.22. The maximum absolute atomic E-state index is 11.2. The second kappa shape index (κ2) is 6.75. The van der Waals surface area contributed by atoms with Gasteiger partial charge in [-0.2, -0.15) is 0 Å². The third-order valence-corrected chi connectivity index (χ3v) is 4.81. The lowest BCUT2D eigenvalue weighted by molar-refractivity contribution is -0.0508. The van der Waals surface area contributed by atoms with Crippen molar-refractivity contribution < 1.29 is 30.0 Å². The molecule has 4 N–H and O–H groups in total. The van der Waals surface area contributed by atoms with Crippen LogP contribution in [0.15, 0.2) is 48.8 Å². The van der Waals surface area contributed by atoms with Crippen LogP contribution < -0.4 is 0 Å². The summed E-state index contributed by atoms with van der Waals surface area (Å²) in [6.45, 7) is -0.397. The van der Waals surface area contributed by atoms with Gasteiger partial charge in [-0.3, -0.25) is 0 Å². The van der Waals surface area contributed by atoms with E-state index in [1.807, 2.05) is 18.2 Å². The maximum Gasteiger partial charge on any atom is 0.335 e. The van der Waals surface area contributed by atoms with E-state index in [0.29, 0.717) is 11.0 Å². The van der Waals surface area contributed by atoms with Crippen molar-refractivity contribution in [3.63, 3.8) is 0 Å². The molecule has 2 aromatic carbocycles. The van der Waals surface area contributed by atoms with E-state index in [1.54, 1.807) is 22.8 Å². The van der Waals surface area contributed by atoms with E-state index in [9.17, 15) is 20.1 Å². The van der Waals surface area contributed by atoms with Crippen LogP contribution in [-0.4, -0.2) is 60.9 Å². The highest BCUT2D eigenvalue weighted by atomic mass is 16.6. The second-order valence-corrected chi connectivity index (χ2v) is 6.47. The fraction of sp³-hybridized carbons (Fsp3) is 0.263. The predicted octanol–water partition coefficient (Wildman–Crippen LogP) is 1.01. The fourth-order valence-electron chi connectivity index (χ4n) is 3.36. The number of aliphatic hydroxyl groups is 3. The monoisotopic (exact) mass is 370 g/mol. The van der Waals surface area contributed by atoms with Crippen molar-refractivity contribution in [2.45, 2.75) is 24.5 Å². The second-order valence-electron chi connectivity index (χ2n) is 6.47. The fourth-order valence-corrected chi connectivity index (χ4v) is 3.36. The molecule has 2 heterocycles. The zero-order valence-electron chi connectivity index (χ0n) is 14.1. The zero-order valence-corrected chi connectivity index (χ0v) is 14.1. The number of carbonyl (C=O) groups is 1. The van der Waals surface area contributed by atoms with Crippen LogP contribution in [0.1, 0.15) is 16.6 Å². The van der Waals surface area contributed by atoms with Gasteiger partial charge in [0.1, 0.15) is 18.3 Å². The smallest absolute Gasteiger partial charge is 0.335 e. The Morgan fingerprint density at radius 2 is 1.89 bits per heavy atom. The van der Waals surface area contributed by atoms with Gasteiger partial charge in [0, 0.05) is 0 Å². The first-order chi connectivity index (χ1) is 13.0. The number of imidazole rings is 1. The molecular weight excluding hydrogens is 352 g/mol. The molecule has 1 aliphatic heterocycles. The minimum atomic E-state index is -1.19. The molecule has 1 fully saturated rings. The van der Waals surface area contributed by atoms with E-state index < -0.39 is 37.1 Å². The van der Waals surface area contributed by atoms with Crippen molar-refractivity contribution in [2.75, 3.05) is 6.61 Å². The summed E-state index contributed by atoms with van der Waals surface area (Å²) in [7, 11) is 0. The quantitative estimate of drug-likeness (QED) is 0.540. The Labute approximate surface area is 153 Å². The van der Waals surface area contributed by atoms with Gasteiger partial charge in [-0.25, -0.2) is 9.78 Å². The highest BCUT2D eigenvalue weighted by Crippen LogP contribution is 2.33. The molecule has 8 nitrogen and oxygen atoms in total. The maximum atomic E-state index is 11.2. The molecule has 0 amide bonds. The van der Waals surface area contributed by atoms with Crippen LogP contribution in [0, 0.1) is 0 Å². The molecule has 4 atom stereocenters. The van der Waals surface area contributed by atoms with Gasteiger partial charge in [0.15, 0.2) is 6.23 Å². The summed E-state index contributed by atoms with van der Waals surface area (Å²) in [5.41, 5.74) is 3.06. The predicted molar refractivity (Wildman–Crippen MR) is 95.1 cm³/mol. The van der Waals surface area contributed by atoms with E-state index in [0.717, 1.165) is 11.1 Å². The molecule has 0 bridgehead atoms. The summed E-state index contributed by atoms with van der Waals surface area (Å²) in [5.74, 6) is -0.994. The number of nitrogens with zero attached hydrogens (tertiary/aromatic N) is 2. The van der Waals surface area contributed by atoms with Gasteiger partial charge in [0.25, 0.3) is 0 Å². The third kappa shape index (κ3) is 2.98. The van der Waals surface area contributed by atoms with Crippen LogP contribution in [0.3, 0.4) is 0 Å². The molecule has 8 heteroatoms. The van der Waals surface area contributed by atoms with Crippen molar-refractivity contribution in [2.24, 2.45) is 0 Å². The highest BCUT2D eigenvalue weighted by molar-refractivity contribution is 5.90. The summed E-state index contributed by atoms with van der Waals surface area (Å²) in [5, 5.41) is 38.6. The first-order valence-electron chi connectivity index (χ1n) is 8.42. The number of carboxylic acid groups (broad SMARTS) is 1. The van der Waals surface area contributed by atoms with Crippen molar-refractivity contribution in [1.82, 2.24) is 9.55 Å². The van der Waals surface area contributed by atoms with Crippen LogP contribution in [-0.2, 0) is 4.74 Å². The Bertz CT molecular complexity index is 1000. The standard InChI is InChI=1S/C19H18N2O6/c22-8-15-16(23)17(24)18(27-15)21-9-20-13-7-11(4-5-14(13)21)10-2-1-3-12(6-10)19(25)26/h1-7,9,15-18,22-24H,8H2,(H,25,26)/t15-,16-,17-,18-/m1/s1. The number of hydrogen-bond acceptors (Lipinski definition) is 6. The van der Waals surface area contributed by atoms with Gasteiger partial charge in [0.2, 0.25) is 0 Å². The normalized spacial score (nSPS) is 25.1. The number of fused-ring (bicyclic) bond motifs is 1. The Kier molecular flexibility index (Phi) is 4.40. The number of aliphatic hydroxyl groups excluding tert-OH is 3. The minimum Gasteiger partial charge on any atom is -0.478 e. The molecule has 1 saturated heterocycles. The number of aromatic nitrogens is 2. The number of benzene rings is 2. The van der Waals surface area contributed by atoms with Crippen molar-refractivity contribution in [1.29, 1.82) is 0 Å². The molecule has 0 spiro atoms. The number of carboxylic acids is 1. The minimum absolute atomic E-state index is 0.199. The number of hydrogen-bond donors (Lipinski definition) is 4. The molecule has 140 valence electrons. The first-order valence-corrected chi connectivity index (χ1v) is 8.42. The lowest BCUT2D eigenvalue weighted by atomic mass is 10.0. The first kappa shape index (κ1) is 17.6. The molecule has 3 aromatic rings. The van der Waals surface area contributed by atoms with Crippen molar-refractivity contribution in [3.8, 4) is 11.1 Å². The molecule has 1 aliphatic rings. The van der Waals surface area contributed by atoms with Gasteiger partial charge >= 0.3 is 5.97 Å². The van der Waals surface area contributed by atoms with E-state index >= 15 is 0 Å². The zero-order chi connectivity index (χ0) is 19.1. The van der Waals surface area contributed by atoms with E-state index in [-0.39, 0.29) is 5.56 Å². The van der Waals surface area contributed by atoms with E-state index in [2.05, 4.69) is 4.98 Å². The topological polar surface area (TPSA) is 125 Å². The van der Waals surface area contributed by atoms with Crippen LogP contribution in [0.2, 0.25) is 0 Å². The number of rotatable bonds is 4. The molecule has 4 rings (SSSR count). The Balaban J connectivity index is 1.70. The van der Waals surface area contributed by atoms with Gasteiger partial charge in [-0.1, -0.05) is 18.2 Å². The molecular formula is C19H18N2O6. The van der Waals surface area contributed by atoms with Crippen LogP contribution in [0.4, 0.5) is 0 Å². The SMILES string of the molecule is O=C(O)c1cccc(-c2ccc3c(c2)ncn3[C@@H]2O[C@H](CO)[C@@H](O)[C@H]2O)c1. The van der Waals surface area contributed by atoms with Crippen LogP contribution in [0.25, 0.3) is 22.2 Å². The number of aromatic carboxylic acids is 1. The van der Waals surface area contributed by atoms with Crippen molar-refractivity contribution in [3.05, 3.63) is 54.4 Å². The largest absolute Gasteiger partial charge is 0.478 e. The molecule has 0 saturated carbocycles. The van der Waals surface area contributed by atoms with Crippen molar-refractivity contribution >= 4 is 17.0 Å². The molecule has 0 unspecified atom stereocenters. The Hall–Kier alpha value is -2.78. The summed E-state index contributed by atoms with van der Waals surface area (Å²) < 4.78 is 7.16. The highest BCUT2D eigenvalue weighted by Gasteiger charge is 2.43. The summed E-state index contributed by atoms with van der Waals surface area (Å²) in [6.07, 6.45) is -2.59. The lowest BCUT2D eigenvalue weighted by Gasteiger charge is -2.17. The van der Waals surface area contributed by atoms with Gasteiger partial charge < -0.3 is 29.7 Å². The van der Waals surface area contributed by atoms with Gasteiger partial charge in [0.05, 0.1) is 29.5 Å². The van der Waals surface area contributed by atoms with E-state index in [1.165, 1.54) is 12.4 Å². The average molecular weight is 370 g/mol. The Morgan fingerprint density at radius 3 is 2.59 bits per heavy atom. The third-order valence-electron chi connectivity index (χ3n) is 4.81. The van der Waals surface area contributed by atoms with Crippen LogP contribution >= 0.6 is 0 Å². The molecule has 1 aromatic heterocycles. The summed E-state index contributed by atoms with van der Waals surface area (Å²) >= 11 is 0. The summed E-state index contributed by atoms with van der Waals surface area (Å²) in [4.78, 5) is 15.5. The Morgan fingerprint density at radius 1 is 1.11 bits per heavy atom. The number of ether oxygens (including phenoxy) is 1. The molecule has 0 radical (unpaired) electrons. The van der Waals surface area contributed by atoms with Gasteiger partial charge in [-0.15, -0.1) is 0 Å². The van der Waals surface area contributed by atoms with Crippen LogP contribution in [0.5, 0.6) is 0 Å².